The number of nitrogens with one attached hydrogen (secondary N) is 2. The van der Waals surface area contributed by atoms with Gasteiger partial charge in [-0.25, -0.2) is 4.79 Å². The summed E-state index contributed by atoms with van der Waals surface area (Å²) in [6.07, 6.45) is 0. The molecule has 1 amide bonds. The highest BCUT2D eigenvalue weighted by molar-refractivity contribution is 9.18. The molecule has 2 aromatic rings. The number of H-pyrrole nitrogens is 2. The van der Waals surface area contributed by atoms with E-state index >= 15 is 0 Å². The zero-order valence-corrected chi connectivity index (χ0v) is 10.2. The maximum atomic E-state index is 11.0. The topological polar surface area (TPSA) is 69.0 Å². The Labute approximate surface area is 99.6 Å². The Morgan fingerprint density at radius 2 is 2.06 bits per heavy atom. The molecule has 0 aliphatic carbocycles. The van der Waals surface area contributed by atoms with Gasteiger partial charge in [0, 0.05) is 29.5 Å². The Morgan fingerprint density at radius 3 is 2.75 bits per heavy atom. The second kappa shape index (κ2) is 4.13. The summed E-state index contributed by atoms with van der Waals surface area (Å²) in [5.74, 6) is 0. The summed E-state index contributed by atoms with van der Waals surface area (Å²) >= 11 is 2.87. The quantitative estimate of drug-likeness (QED) is 0.652. The molecular formula is C10H10BrN3O2. The van der Waals surface area contributed by atoms with Gasteiger partial charge in [0.15, 0.2) is 0 Å². The molecule has 0 unspecified atom stereocenters. The van der Waals surface area contributed by atoms with Crippen molar-refractivity contribution in [1.29, 1.82) is 0 Å². The molecule has 1 aromatic heterocycles. The first-order valence-electron chi connectivity index (χ1n) is 4.68. The Hall–Kier alpha value is -1.56. The second-order valence-corrected chi connectivity index (χ2v) is 4.25. The van der Waals surface area contributed by atoms with Crippen molar-refractivity contribution in [2.45, 2.75) is 6.54 Å². The van der Waals surface area contributed by atoms with E-state index in [-0.39, 0.29) is 10.5 Å². The molecule has 0 aliphatic heterocycles. The van der Waals surface area contributed by atoms with Crippen molar-refractivity contribution in [1.82, 2.24) is 14.9 Å². The third-order valence-corrected chi connectivity index (χ3v) is 2.91. The molecule has 0 fully saturated rings. The number of amides is 1. The lowest BCUT2D eigenvalue weighted by atomic mass is 10.2. The number of hydrogen-bond donors (Lipinski definition) is 2. The van der Waals surface area contributed by atoms with Crippen LogP contribution < -0.4 is 5.69 Å². The molecule has 0 saturated heterocycles. The van der Waals surface area contributed by atoms with Gasteiger partial charge in [-0.2, -0.15) is 0 Å². The first-order valence-corrected chi connectivity index (χ1v) is 5.47. The van der Waals surface area contributed by atoms with Crippen LogP contribution in [0, 0.1) is 0 Å². The number of hydrogen-bond acceptors (Lipinski definition) is 2. The van der Waals surface area contributed by atoms with Crippen LogP contribution in [0.5, 0.6) is 0 Å². The predicted octanol–water partition coefficient (Wildman–Crippen LogP) is 1.80. The molecule has 6 heteroatoms. The monoisotopic (exact) mass is 283 g/mol. The molecule has 0 spiro atoms. The number of halogens is 1. The van der Waals surface area contributed by atoms with Crippen molar-refractivity contribution in [3.05, 3.63) is 34.2 Å². The highest BCUT2D eigenvalue weighted by Crippen LogP contribution is 2.12. The van der Waals surface area contributed by atoms with Crippen LogP contribution in [0.4, 0.5) is 4.79 Å². The summed E-state index contributed by atoms with van der Waals surface area (Å²) < 4.78 is 0. The van der Waals surface area contributed by atoms with Crippen molar-refractivity contribution in [2.24, 2.45) is 0 Å². The molecule has 1 aromatic carbocycles. The van der Waals surface area contributed by atoms with E-state index in [2.05, 4.69) is 25.9 Å². The fourth-order valence-corrected chi connectivity index (χ4v) is 1.64. The zero-order valence-electron chi connectivity index (χ0n) is 8.58. The largest absolute Gasteiger partial charge is 0.332 e. The minimum Gasteiger partial charge on any atom is -0.332 e. The SMILES string of the molecule is CN(Cc1ccc2[nH]c(=O)[nH]c2c1)C(=O)Br. The molecule has 0 bridgehead atoms. The van der Waals surface area contributed by atoms with Gasteiger partial charge < -0.3 is 14.9 Å². The molecule has 0 saturated carbocycles. The Morgan fingerprint density at radius 1 is 1.38 bits per heavy atom. The molecule has 2 N–H and O–H groups in total. The van der Waals surface area contributed by atoms with E-state index in [9.17, 15) is 9.59 Å². The van der Waals surface area contributed by atoms with Gasteiger partial charge in [0.2, 0.25) is 0 Å². The number of carbonyl (C=O) groups is 1. The lowest BCUT2D eigenvalue weighted by Crippen LogP contribution is -2.19. The summed E-state index contributed by atoms with van der Waals surface area (Å²) in [5, 5.41) is 0. The van der Waals surface area contributed by atoms with Gasteiger partial charge in [-0.05, 0) is 17.7 Å². The molecule has 84 valence electrons. The summed E-state index contributed by atoms with van der Waals surface area (Å²) in [6.45, 7) is 0.493. The number of rotatable bonds is 2. The molecule has 2 rings (SSSR count). The van der Waals surface area contributed by atoms with Gasteiger partial charge >= 0.3 is 5.69 Å². The Bertz CT molecular complexity index is 587. The van der Waals surface area contributed by atoms with Gasteiger partial charge in [0.05, 0.1) is 11.0 Å². The highest BCUT2D eigenvalue weighted by Gasteiger charge is 2.06. The summed E-state index contributed by atoms with van der Waals surface area (Å²) in [4.78, 5) is 28.7. The van der Waals surface area contributed by atoms with Crippen LogP contribution in [-0.2, 0) is 6.54 Å². The Kier molecular flexibility index (Phi) is 2.82. The standard InChI is InChI=1S/C10H10BrN3O2/c1-14(9(11)15)5-6-2-3-7-8(4-6)13-10(16)12-7/h2-4H,5H2,1H3,(H2,12,13,16). The average Bonchev–Trinajstić information content (AvgIpc) is 2.57. The maximum absolute atomic E-state index is 11.0. The first-order chi connectivity index (χ1) is 7.56. The number of imidazole rings is 1. The fraction of sp³-hybridized carbons (Fsp3) is 0.200. The van der Waals surface area contributed by atoms with E-state index in [0.29, 0.717) is 6.54 Å². The number of carbonyl (C=O) groups excluding carboxylic acids is 1. The number of fused-ring (bicyclic) bond motifs is 1. The zero-order chi connectivity index (χ0) is 11.7. The van der Waals surface area contributed by atoms with Gasteiger partial charge in [-0.15, -0.1) is 0 Å². The third-order valence-electron chi connectivity index (χ3n) is 2.30. The highest BCUT2D eigenvalue weighted by atomic mass is 79.9. The van der Waals surface area contributed by atoms with Gasteiger partial charge in [0.1, 0.15) is 0 Å². The molecule has 16 heavy (non-hydrogen) atoms. The van der Waals surface area contributed by atoms with E-state index in [1.165, 1.54) is 4.90 Å². The average molecular weight is 284 g/mol. The van der Waals surface area contributed by atoms with Gasteiger partial charge in [-0.3, -0.25) is 4.79 Å². The van der Waals surface area contributed by atoms with Crippen LogP contribution in [0.3, 0.4) is 0 Å². The minimum absolute atomic E-state index is 0.171. The molecular weight excluding hydrogens is 274 g/mol. The van der Waals surface area contributed by atoms with Gasteiger partial charge in [-0.1, -0.05) is 6.07 Å². The molecule has 5 nitrogen and oxygen atoms in total. The van der Waals surface area contributed by atoms with Crippen molar-refractivity contribution >= 4 is 31.8 Å². The van der Waals surface area contributed by atoms with Crippen molar-refractivity contribution in [2.75, 3.05) is 7.05 Å². The van der Waals surface area contributed by atoms with E-state index < -0.39 is 0 Å². The first kappa shape index (κ1) is 10.9. The molecule has 0 atom stereocenters. The molecule has 1 heterocycles. The van der Waals surface area contributed by atoms with Crippen molar-refractivity contribution in [3.8, 4) is 0 Å². The third kappa shape index (κ3) is 2.16. The number of aromatic nitrogens is 2. The van der Waals surface area contributed by atoms with Crippen molar-refractivity contribution in [3.63, 3.8) is 0 Å². The molecule has 0 radical (unpaired) electrons. The predicted molar refractivity (Wildman–Crippen MR) is 64.7 cm³/mol. The summed E-state index contributed by atoms with van der Waals surface area (Å²) in [5.41, 5.74) is 2.25. The van der Waals surface area contributed by atoms with E-state index in [1.54, 1.807) is 7.05 Å². The van der Waals surface area contributed by atoms with E-state index in [1.807, 2.05) is 18.2 Å². The number of nitrogens with zero attached hydrogens (tertiary/aromatic N) is 1. The van der Waals surface area contributed by atoms with Crippen LogP contribution in [0.1, 0.15) is 5.56 Å². The normalized spacial score (nSPS) is 10.6. The second-order valence-electron chi connectivity index (χ2n) is 3.57. The van der Waals surface area contributed by atoms with Crippen LogP contribution in [0.2, 0.25) is 0 Å². The minimum atomic E-state index is -0.225. The lowest BCUT2D eigenvalue weighted by Gasteiger charge is -2.13. The van der Waals surface area contributed by atoms with Crippen LogP contribution >= 0.6 is 15.9 Å². The molecule has 0 aliphatic rings. The Balaban J connectivity index is 2.32. The number of aromatic amines is 2. The number of benzene rings is 1. The fourth-order valence-electron chi connectivity index (χ4n) is 1.51. The van der Waals surface area contributed by atoms with Crippen molar-refractivity contribution < 1.29 is 4.79 Å². The maximum Gasteiger partial charge on any atom is 0.323 e. The summed E-state index contributed by atoms with van der Waals surface area (Å²) in [7, 11) is 1.70. The van der Waals surface area contributed by atoms with Crippen LogP contribution in [0.25, 0.3) is 11.0 Å². The van der Waals surface area contributed by atoms with Crippen LogP contribution in [-0.4, -0.2) is 26.7 Å². The summed E-state index contributed by atoms with van der Waals surface area (Å²) in [6, 6.07) is 5.54. The smallest absolute Gasteiger partial charge is 0.323 e. The van der Waals surface area contributed by atoms with E-state index in [0.717, 1.165) is 16.6 Å². The van der Waals surface area contributed by atoms with E-state index in [4.69, 9.17) is 0 Å². The van der Waals surface area contributed by atoms with Crippen LogP contribution in [0.15, 0.2) is 23.0 Å². The lowest BCUT2D eigenvalue weighted by molar-refractivity contribution is 0.233. The van der Waals surface area contributed by atoms with Gasteiger partial charge in [0.25, 0.3) is 4.82 Å².